The summed E-state index contributed by atoms with van der Waals surface area (Å²) in [4.78, 5) is 4.38. The van der Waals surface area contributed by atoms with Crippen LogP contribution in [-0.2, 0) is 0 Å². The molecule has 0 aromatic heterocycles. The van der Waals surface area contributed by atoms with Gasteiger partial charge in [-0.25, -0.2) is 0 Å². The fourth-order valence-corrected chi connectivity index (χ4v) is 1.29. The summed E-state index contributed by atoms with van der Waals surface area (Å²) < 4.78 is 0. The molecule has 0 aliphatic carbocycles. The van der Waals surface area contributed by atoms with E-state index in [9.17, 15) is 0 Å². The molecule has 13 heavy (non-hydrogen) atoms. The fraction of sp³-hybridized carbons (Fsp3) is 0.417. The molecule has 0 aliphatic heterocycles. The highest BCUT2D eigenvalue weighted by atomic mass is 14.7. The zero-order valence-corrected chi connectivity index (χ0v) is 8.89. The van der Waals surface area contributed by atoms with Crippen molar-refractivity contribution in [3.8, 4) is 0 Å². The summed E-state index contributed by atoms with van der Waals surface area (Å²) >= 11 is 0. The second-order valence-corrected chi connectivity index (χ2v) is 3.36. The van der Waals surface area contributed by atoms with E-state index < -0.39 is 0 Å². The molecule has 0 unspecified atom stereocenters. The lowest BCUT2D eigenvalue weighted by atomic mass is 10.0. The Morgan fingerprint density at radius 3 is 2.46 bits per heavy atom. The molecule has 1 nitrogen and oxygen atoms in total. The van der Waals surface area contributed by atoms with Crippen molar-refractivity contribution in [2.24, 2.45) is 4.99 Å². The van der Waals surface area contributed by atoms with E-state index in [0.29, 0.717) is 0 Å². The second kappa shape index (κ2) is 4.22. The van der Waals surface area contributed by atoms with Gasteiger partial charge in [0.05, 0.1) is 0 Å². The number of nitrogens with zero attached hydrogens (tertiary/aromatic N) is 1. The number of hydrogen-bond acceptors (Lipinski definition) is 1. The number of aryl methyl sites for hydroxylation is 2. The summed E-state index contributed by atoms with van der Waals surface area (Å²) in [5.74, 6) is 0. The molecule has 0 saturated carbocycles. The van der Waals surface area contributed by atoms with Gasteiger partial charge >= 0.3 is 0 Å². The first-order chi connectivity index (χ1) is 6.15. The van der Waals surface area contributed by atoms with Crippen molar-refractivity contribution in [2.45, 2.75) is 27.7 Å². The van der Waals surface area contributed by atoms with Crippen molar-refractivity contribution in [1.29, 1.82) is 0 Å². The highest BCUT2D eigenvalue weighted by Crippen LogP contribution is 2.10. The SMILES string of the molecule is CCN=C(C)c1ccc(C)c(C)c1. The molecule has 0 fully saturated rings. The van der Waals surface area contributed by atoms with E-state index in [1.54, 1.807) is 0 Å². The monoisotopic (exact) mass is 175 g/mol. The van der Waals surface area contributed by atoms with E-state index in [4.69, 9.17) is 0 Å². The largest absolute Gasteiger partial charge is 0.290 e. The Morgan fingerprint density at radius 2 is 1.92 bits per heavy atom. The summed E-state index contributed by atoms with van der Waals surface area (Å²) in [5, 5.41) is 0. The van der Waals surface area contributed by atoms with Gasteiger partial charge in [0.2, 0.25) is 0 Å². The molecule has 70 valence electrons. The predicted molar refractivity (Wildman–Crippen MR) is 58.7 cm³/mol. The zero-order valence-electron chi connectivity index (χ0n) is 8.89. The van der Waals surface area contributed by atoms with Crippen molar-refractivity contribution in [1.82, 2.24) is 0 Å². The molecule has 0 atom stereocenters. The van der Waals surface area contributed by atoms with E-state index in [1.807, 2.05) is 0 Å². The lowest BCUT2D eigenvalue weighted by Gasteiger charge is -2.04. The first-order valence-corrected chi connectivity index (χ1v) is 4.73. The Kier molecular flexibility index (Phi) is 3.24. The van der Waals surface area contributed by atoms with Crippen LogP contribution in [0.4, 0.5) is 0 Å². The van der Waals surface area contributed by atoms with E-state index in [-0.39, 0.29) is 0 Å². The molecule has 0 saturated heterocycles. The zero-order chi connectivity index (χ0) is 9.84. The van der Waals surface area contributed by atoms with Gasteiger partial charge in [0.25, 0.3) is 0 Å². The normalized spacial score (nSPS) is 11.8. The molecule has 0 heterocycles. The fourth-order valence-electron chi connectivity index (χ4n) is 1.29. The van der Waals surface area contributed by atoms with Crippen molar-refractivity contribution in [2.75, 3.05) is 6.54 Å². The molecule has 1 heteroatoms. The van der Waals surface area contributed by atoms with Crippen molar-refractivity contribution < 1.29 is 0 Å². The van der Waals surface area contributed by atoms with Gasteiger partial charge in [0.15, 0.2) is 0 Å². The van der Waals surface area contributed by atoms with Gasteiger partial charge in [0, 0.05) is 12.3 Å². The molecule has 0 radical (unpaired) electrons. The topological polar surface area (TPSA) is 12.4 Å². The summed E-state index contributed by atoms with van der Waals surface area (Å²) in [7, 11) is 0. The van der Waals surface area contributed by atoms with E-state index in [1.165, 1.54) is 16.7 Å². The second-order valence-electron chi connectivity index (χ2n) is 3.36. The highest BCUT2D eigenvalue weighted by Gasteiger charge is 1.98. The third-order valence-corrected chi connectivity index (χ3v) is 2.32. The molecular weight excluding hydrogens is 158 g/mol. The van der Waals surface area contributed by atoms with Crippen LogP contribution in [0.3, 0.4) is 0 Å². The van der Waals surface area contributed by atoms with Crippen LogP contribution in [-0.4, -0.2) is 12.3 Å². The van der Waals surface area contributed by atoms with E-state index in [0.717, 1.165) is 12.3 Å². The van der Waals surface area contributed by atoms with E-state index >= 15 is 0 Å². The predicted octanol–water partition coefficient (Wildman–Crippen LogP) is 3.13. The minimum absolute atomic E-state index is 0.860. The molecule has 0 bridgehead atoms. The van der Waals surface area contributed by atoms with Gasteiger partial charge in [-0.1, -0.05) is 12.1 Å². The van der Waals surface area contributed by atoms with Crippen molar-refractivity contribution >= 4 is 5.71 Å². The van der Waals surface area contributed by atoms with Crippen LogP contribution < -0.4 is 0 Å². The lowest BCUT2D eigenvalue weighted by Crippen LogP contribution is -1.96. The summed E-state index contributed by atoms with van der Waals surface area (Å²) in [5.41, 5.74) is 5.05. The Balaban J connectivity index is 3.04. The maximum absolute atomic E-state index is 4.38. The van der Waals surface area contributed by atoms with Crippen molar-refractivity contribution in [3.63, 3.8) is 0 Å². The van der Waals surface area contributed by atoms with Crippen LogP contribution in [0.25, 0.3) is 0 Å². The first-order valence-electron chi connectivity index (χ1n) is 4.73. The molecule has 0 N–H and O–H groups in total. The van der Waals surface area contributed by atoms with Crippen LogP contribution >= 0.6 is 0 Å². The van der Waals surface area contributed by atoms with Gasteiger partial charge in [-0.3, -0.25) is 4.99 Å². The maximum atomic E-state index is 4.38. The summed E-state index contributed by atoms with van der Waals surface area (Å²) in [6.07, 6.45) is 0. The molecule has 1 rings (SSSR count). The number of hydrogen-bond donors (Lipinski definition) is 0. The van der Waals surface area contributed by atoms with Gasteiger partial charge in [0.1, 0.15) is 0 Å². The Hall–Kier alpha value is -1.11. The molecule has 0 amide bonds. The van der Waals surface area contributed by atoms with Gasteiger partial charge < -0.3 is 0 Å². The van der Waals surface area contributed by atoms with Gasteiger partial charge in [-0.05, 0) is 50.5 Å². The number of benzene rings is 1. The molecular formula is C12H17N. The van der Waals surface area contributed by atoms with Gasteiger partial charge in [-0.2, -0.15) is 0 Å². The number of aliphatic imine (C=N–C) groups is 1. The molecule has 1 aromatic rings. The third kappa shape index (κ3) is 2.41. The molecule has 1 aromatic carbocycles. The van der Waals surface area contributed by atoms with E-state index in [2.05, 4.69) is 50.9 Å². The first kappa shape index (κ1) is 9.97. The van der Waals surface area contributed by atoms with Crippen LogP contribution in [0.5, 0.6) is 0 Å². The molecule has 0 aliphatic rings. The van der Waals surface area contributed by atoms with Crippen LogP contribution in [0.15, 0.2) is 23.2 Å². The Bertz CT molecular complexity index is 324. The smallest absolute Gasteiger partial charge is 0.0389 e. The number of rotatable bonds is 2. The average Bonchev–Trinajstić information content (AvgIpc) is 2.10. The quantitative estimate of drug-likeness (QED) is 0.612. The minimum Gasteiger partial charge on any atom is -0.290 e. The van der Waals surface area contributed by atoms with Crippen LogP contribution in [0.2, 0.25) is 0 Å². The summed E-state index contributed by atoms with van der Waals surface area (Å²) in [6.45, 7) is 9.25. The van der Waals surface area contributed by atoms with Crippen LogP contribution in [0.1, 0.15) is 30.5 Å². The Labute approximate surface area is 80.5 Å². The standard InChI is InChI=1S/C12H17N/c1-5-13-11(4)12-7-6-9(2)10(3)8-12/h6-8H,5H2,1-4H3. The average molecular weight is 175 g/mol. The molecule has 0 spiro atoms. The van der Waals surface area contributed by atoms with Crippen LogP contribution in [0, 0.1) is 13.8 Å². The van der Waals surface area contributed by atoms with Crippen molar-refractivity contribution in [3.05, 3.63) is 34.9 Å². The maximum Gasteiger partial charge on any atom is 0.0389 e. The lowest BCUT2D eigenvalue weighted by molar-refractivity contribution is 1.12. The Morgan fingerprint density at radius 1 is 1.23 bits per heavy atom. The minimum atomic E-state index is 0.860. The highest BCUT2D eigenvalue weighted by molar-refractivity contribution is 5.98. The summed E-state index contributed by atoms with van der Waals surface area (Å²) in [6, 6.07) is 6.49. The third-order valence-electron chi connectivity index (χ3n) is 2.32. The van der Waals surface area contributed by atoms with Gasteiger partial charge in [-0.15, -0.1) is 0 Å².